The van der Waals surface area contributed by atoms with Crippen LogP contribution in [0.4, 0.5) is 0 Å². The van der Waals surface area contributed by atoms with Crippen molar-refractivity contribution in [2.45, 2.75) is 70.1 Å². The third-order valence-electron chi connectivity index (χ3n) is 4.66. The van der Waals surface area contributed by atoms with E-state index in [0.717, 1.165) is 0 Å². The third kappa shape index (κ3) is 11.0. The molecule has 13 heteroatoms. The average Bonchev–Trinajstić information content (AvgIpc) is 2.71. The van der Waals surface area contributed by atoms with Crippen LogP contribution in [0.2, 0.25) is 0 Å². The third-order valence-corrected chi connectivity index (χ3v) is 4.66. The first kappa shape index (κ1) is 29.2. The molecule has 11 N–H and O–H groups in total. The number of aliphatic carboxylic acids is 1. The van der Waals surface area contributed by atoms with Crippen LogP contribution < -0.4 is 33.2 Å². The summed E-state index contributed by atoms with van der Waals surface area (Å²) in [5, 5.41) is 25.7. The molecule has 0 aromatic carbocycles. The lowest BCUT2D eigenvalue weighted by atomic mass is 10.0. The summed E-state index contributed by atoms with van der Waals surface area (Å²) >= 11 is 0. The van der Waals surface area contributed by atoms with Crippen LogP contribution >= 0.6 is 0 Å². The lowest BCUT2D eigenvalue weighted by molar-refractivity contribution is -0.143. The number of aliphatic hydroxyl groups excluding tert-OH is 1. The van der Waals surface area contributed by atoms with Gasteiger partial charge in [-0.3, -0.25) is 19.2 Å². The first-order chi connectivity index (χ1) is 14.9. The van der Waals surface area contributed by atoms with Gasteiger partial charge in [0.25, 0.3) is 0 Å². The second-order valence-electron chi connectivity index (χ2n) is 7.77. The first-order valence-corrected chi connectivity index (χ1v) is 10.4. The number of nitrogens with two attached hydrogens (primary N) is 3. The van der Waals surface area contributed by atoms with Gasteiger partial charge in [0.15, 0.2) is 0 Å². The number of primary amides is 1. The number of hydrogen-bond donors (Lipinski definition) is 8. The van der Waals surface area contributed by atoms with Gasteiger partial charge in [0.05, 0.1) is 12.6 Å². The smallest absolute Gasteiger partial charge is 0.326 e. The summed E-state index contributed by atoms with van der Waals surface area (Å²) in [6.07, 6.45) is 1.15. The minimum absolute atomic E-state index is 0.206. The SMILES string of the molecule is CC(C)C(NC(=O)C(CCC(N)=O)NC(=O)C(CO)NC(=O)C(N)CCCCN)C(=O)O. The molecule has 0 aromatic rings. The lowest BCUT2D eigenvalue weighted by Gasteiger charge is -2.25. The lowest BCUT2D eigenvalue weighted by Crippen LogP contribution is -2.58. The second-order valence-corrected chi connectivity index (χ2v) is 7.77. The Kier molecular flexibility index (Phi) is 13.8. The predicted octanol–water partition coefficient (Wildman–Crippen LogP) is -3.10. The van der Waals surface area contributed by atoms with Crippen LogP contribution in [0.1, 0.15) is 46.0 Å². The Morgan fingerprint density at radius 3 is 1.91 bits per heavy atom. The van der Waals surface area contributed by atoms with Crippen molar-refractivity contribution in [2.75, 3.05) is 13.2 Å². The summed E-state index contributed by atoms with van der Waals surface area (Å²) in [5.41, 5.74) is 16.3. The summed E-state index contributed by atoms with van der Waals surface area (Å²) in [5.74, 6) is -4.86. The molecule has 32 heavy (non-hydrogen) atoms. The summed E-state index contributed by atoms with van der Waals surface area (Å²) in [4.78, 5) is 59.8. The van der Waals surface area contributed by atoms with Crippen LogP contribution in [-0.2, 0) is 24.0 Å². The van der Waals surface area contributed by atoms with Crippen molar-refractivity contribution in [2.24, 2.45) is 23.1 Å². The molecule has 0 aliphatic carbocycles. The van der Waals surface area contributed by atoms with Gasteiger partial charge in [-0.25, -0.2) is 4.79 Å². The fraction of sp³-hybridized carbons (Fsp3) is 0.737. The Balaban J connectivity index is 5.23. The van der Waals surface area contributed by atoms with Crippen LogP contribution in [0.25, 0.3) is 0 Å². The molecule has 0 fully saturated rings. The largest absolute Gasteiger partial charge is 0.480 e. The molecule has 0 spiro atoms. The monoisotopic (exact) mass is 460 g/mol. The highest BCUT2D eigenvalue weighted by atomic mass is 16.4. The summed E-state index contributed by atoms with van der Waals surface area (Å²) in [6, 6.07) is -4.87. The molecule has 0 aliphatic heterocycles. The molecule has 0 heterocycles. The molecule has 0 aliphatic rings. The molecule has 0 bridgehead atoms. The van der Waals surface area contributed by atoms with E-state index in [9.17, 15) is 34.2 Å². The highest BCUT2D eigenvalue weighted by Gasteiger charge is 2.31. The summed E-state index contributed by atoms with van der Waals surface area (Å²) in [7, 11) is 0. The topological polar surface area (TPSA) is 240 Å². The molecule has 4 amide bonds. The number of carboxylic acid groups (broad SMARTS) is 1. The second kappa shape index (κ2) is 15.1. The van der Waals surface area contributed by atoms with Gasteiger partial charge < -0.3 is 43.4 Å². The maximum absolute atomic E-state index is 12.6. The fourth-order valence-corrected chi connectivity index (χ4v) is 2.71. The number of unbranched alkanes of at least 4 members (excludes halogenated alkanes) is 1. The molecule has 0 aromatic heterocycles. The van der Waals surface area contributed by atoms with E-state index < -0.39 is 66.3 Å². The number of amides is 4. The van der Waals surface area contributed by atoms with Crippen LogP contribution in [0, 0.1) is 5.92 Å². The highest BCUT2D eigenvalue weighted by molar-refractivity contribution is 5.94. The van der Waals surface area contributed by atoms with Crippen molar-refractivity contribution in [1.29, 1.82) is 0 Å². The molecular formula is C19H36N6O7. The quantitative estimate of drug-likeness (QED) is 0.109. The number of carbonyl (C=O) groups excluding carboxylic acids is 4. The van der Waals surface area contributed by atoms with E-state index in [4.69, 9.17) is 17.2 Å². The first-order valence-electron chi connectivity index (χ1n) is 10.4. The Labute approximate surface area is 186 Å². The maximum atomic E-state index is 12.6. The van der Waals surface area contributed by atoms with Gasteiger partial charge in [0.1, 0.15) is 18.1 Å². The Morgan fingerprint density at radius 1 is 0.875 bits per heavy atom. The minimum atomic E-state index is -1.41. The van der Waals surface area contributed by atoms with Gasteiger partial charge in [-0.1, -0.05) is 20.3 Å². The van der Waals surface area contributed by atoms with Gasteiger partial charge in [0, 0.05) is 6.42 Å². The zero-order valence-electron chi connectivity index (χ0n) is 18.5. The number of aliphatic hydroxyl groups is 1. The van der Waals surface area contributed by atoms with Crippen molar-refractivity contribution in [3.63, 3.8) is 0 Å². The van der Waals surface area contributed by atoms with Crippen molar-refractivity contribution >= 4 is 29.6 Å². The van der Waals surface area contributed by atoms with E-state index in [1.807, 2.05) is 0 Å². The molecule has 0 saturated heterocycles. The van der Waals surface area contributed by atoms with Crippen molar-refractivity contribution in [1.82, 2.24) is 16.0 Å². The van der Waals surface area contributed by atoms with E-state index in [2.05, 4.69) is 16.0 Å². The Bertz CT molecular complexity index is 658. The number of rotatable bonds is 16. The zero-order chi connectivity index (χ0) is 24.8. The van der Waals surface area contributed by atoms with Gasteiger partial charge >= 0.3 is 5.97 Å². The van der Waals surface area contributed by atoms with Crippen molar-refractivity contribution < 1.29 is 34.2 Å². The fourth-order valence-electron chi connectivity index (χ4n) is 2.71. The number of carbonyl (C=O) groups is 5. The number of hydrogen-bond acceptors (Lipinski definition) is 8. The molecular weight excluding hydrogens is 424 g/mol. The van der Waals surface area contributed by atoms with E-state index in [-0.39, 0.29) is 12.8 Å². The number of carboxylic acids is 1. The van der Waals surface area contributed by atoms with Gasteiger partial charge in [-0.05, 0) is 31.7 Å². The molecule has 0 saturated carbocycles. The minimum Gasteiger partial charge on any atom is -0.480 e. The molecule has 13 nitrogen and oxygen atoms in total. The van der Waals surface area contributed by atoms with E-state index in [0.29, 0.717) is 25.8 Å². The molecule has 184 valence electrons. The van der Waals surface area contributed by atoms with Crippen LogP contribution in [0.5, 0.6) is 0 Å². The van der Waals surface area contributed by atoms with Crippen LogP contribution in [-0.4, -0.2) is 77.1 Å². The zero-order valence-corrected chi connectivity index (χ0v) is 18.5. The summed E-state index contributed by atoms with van der Waals surface area (Å²) < 4.78 is 0. The van der Waals surface area contributed by atoms with E-state index in [1.165, 1.54) is 0 Å². The van der Waals surface area contributed by atoms with Crippen molar-refractivity contribution in [3.8, 4) is 0 Å². The van der Waals surface area contributed by atoms with Gasteiger partial charge in [-0.2, -0.15) is 0 Å². The van der Waals surface area contributed by atoms with E-state index in [1.54, 1.807) is 13.8 Å². The Hall–Kier alpha value is -2.77. The normalized spacial score (nSPS) is 14.7. The average molecular weight is 461 g/mol. The standard InChI is InChI=1S/C19H36N6O7/c1-10(2)15(19(31)32)25-17(29)12(6-7-14(22)27)23-18(30)13(9-26)24-16(28)11(21)5-3-4-8-20/h10-13,15,26H,3-9,20-21H2,1-2H3,(H2,22,27)(H,23,30)(H,24,28)(H,25,29)(H,31,32). The Morgan fingerprint density at radius 2 is 1.44 bits per heavy atom. The van der Waals surface area contributed by atoms with Crippen LogP contribution in [0.3, 0.4) is 0 Å². The van der Waals surface area contributed by atoms with Crippen LogP contribution in [0.15, 0.2) is 0 Å². The van der Waals surface area contributed by atoms with Gasteiger partial charge in [-0.15, -0.1) is 0 Å². The predicted molar refractivity (Wildman–Crippen MR) is 115 cm³/mol. The van der Waals surface area contributed by atoms with E-state index >= 15 is 0 Å². The highest BCUT2D eigenvalue weighted by Crippen LogP contribution is 2.05. The maximum Gasteiger partial charge on any atom is 0.326 e. The van der Waals surface area contributed by atoms with Gasteiger partial charge in [0.2, 0.25) is 23.6 Å². The number of nitrogens with one attached hydrogen (secondary N) is 3. The molecule has 4 unspecified atom stereocenters. The molecule has 0 radical (unpaired) electrons. The van der Waals surface area contributed by atoms with Crippen molar-refractivity contribution in [3.05, 3.63) is 0 Å². The molecule has 4 atom stereocenters. The molecule has 0 rings (SSSR count). The summed E-state index contributed by atoms with van der Waals surface area (Å²) in [6.45, 7) is 2.85.